The minimum atomic E-state index is 0.487. The molecular formula is C12H14BrN3S. The maximum Gasteiger partial charge on any atom is 0.187 e. The van der Waals surface area contributed by atoms with Crippen LogP contribution < -0.4 is 10.7 Å². The van der Waals surface area contributed by atoms with Crippen LogP contribution in [0.15, 0.2) is 46.5 Å². The van der Waals surface area contributed by atoms with E-state index in [0.29, 0.717) is 11.7 Å². The SMILES string of the molecule is C=CCNC(=S)N/N=C(\C)c1ccc(Br)cc1. The maximum atomic E-state index is 5.02. The molecule has 0 aliphatic heterocycles. The minimum Gasteiger partial charge on any atom is -0.358 e. The van der Waals surface area contributed by atoms with Crippen molar-refractivity contribution >= 4 is 39.0 Å². The van der Waals surface area contributed by atoms with Gasteiger partial charge >= 0.3 is 0 Å². The van der Waals surface area contributed by atoms with Gasteiger partial charge in [0.25, 0.3) is 0 Å². The zero-order valence-electron chi connectivity index (χ0n) is 9.53. The number of hydrogen-bond donors (Lipinski definition) is 2. The molecule has 0 saturated carbocycles. The number of rotatable bonds is 4. The Labute approximate surface area is 115 Å². The predicted molar refractivity (Wildman–Crippen MR) is 80.3 cm³/mol. The minimum absolute atomic E-state index is 0.487. The molecule has 1 aromatic rings. The van der Waals surface area contributed by atoms with Gasteiger partial charge in [-0.2, -0.15) is 5.10 Å². The van der Waals surface area contributed by atoms with Crippen LogP contribution in [0.3, 0.4) is 0 Å². The van der Waals surface area contributed by atoms with Gasteiger partial charge in [-0.05, 0) is 36.8 Å². The predicted octanol–water partition coefficient (Wildman–Crippen LogP) is 2.82. The lowest BCUT2D eigenvalue weighted by Crippen LogP contribution is -2.32. The van der Waals surface area contributed by atoms with Crippen LogP contribution in [-0.4, -0.2) is 17.4 Å². The molecule has 90 valence electrons. The summed E-state index contributed by atoms with van der Waals surface area (Å²) in [6.45, 7) is 6.14. The molecule has 1 aromatic carbocycles. The number of hydrogen-bond acceptors (Lipinski definition) is 2. The van der Waals surface area contributed by atoms with Crippen LogP contribution in [-0.2, 0) is 0 Å². The zero-order valence-corrected chi connectivity index (χ0v) is 11.9. The van der Waals surface area contributed by atoms with Gasteiger partial charge in [-0.15, -0.1) is 6.58 Å². The normalized spacial score (nSPS) is 10.8. The lowest BCUT2D eigenvalue weighted by molar-refractivity contribution is 0.936. The largest absolute Gasteiger partial charge is 0.358 e. The maximum absolute atomic E-state index is 5.02. The van der Waals surface area contributed by atoms with Crippen molar-refractivity contribution in [3.63, 3.8) is 0 Å². The number of benzene rings is 1. The third-order valence-corrected chi connectivity index (χ3v) is 2.76. The topological polar surface area (TPSA) is 36.4 Å². The highest BCUT2D eigenvalue weighted by Crippen LogP contribution is 2.10. The molecule has 1 rings (SSSR count). The van der Waals surface area contributed by atoms with Crippen LogP contribution in [0.25, 0.3) is 0 Å². The summed E-state index contributed by atoms with van der Waals surface area (Å²) >= 11 is 8.41. The second kappa shape index (κ2) is 7.19. The van der Waals surface area contributed by atoms with Crippen LogP contribution in [0.5, 0.6) is 0 Å². The van der Waals surface area contributed by atoms with Gasteiger partial charge in [0, 0.05) is 11.0 Å². The summed E-state index contributed by atoms with van der Waals surface area (Å²) in [6.07, 6.45) is 1.74. The molecule has 0 aromatic heterocycles. The van der Waals surface area contributed by atoms with Crippen LogP contribution in [0, 0.1) is 0 Å². The van der Waals surface area contributed by atoms with E-state index in [2.05, 4.69) is 38.4 Å². The molecule has 0 heterocycles. The summed E-state index contributed by atoms with van der Waals surface area (Å²) in [5.41, 5.74) is 4.70. The number of halogens is 1. The van der Waals surface area contributed by atoms with E-state index in [9.17, 15) is 0 Å². The average Bonchev–Trinajstić information content (AvgIpc) is 2.34. The van der Waals surface area contributed by atoms with E-state index in [0.717, 1.165) is 15.7 Å². The number of thiocarbonyl (C=S) groups is 1. The van der Waals surface area contributed by atoms with E-state index < -0.39 is 0 Å². The molecule has 17 heavy (non-hydrogen) atoms. The molecule has 5 heteroatoms. The first-order valence-corrected chi connectivity index (χ1v) is 6.28. The van der Waals surface area contributed by atoms with E-state index in [4.69, 9.17) is 12.2 Å². The van der Waals surface area contributed by atoms with Gasteiger partial charge < -0.3 is 5.32 Å². The fourth-order valence-electron chi connectivity index (χ4n) is 1.09. The molecule has 0 amide bonds. The fraction of sp³-hybridized carbons (Fsp3) is 0.167. The lowest BCUT2D eigenvalue weighted by Gasteiger charge is -2.06. The molecule has 0 spiro atoms. The molecular weight excluding hydrogens is 298 g/mol. The van der Waals surface area contributed by atoms with E-state index in [-0.39, 0.29) is 0 Å². The molecule has 0 saturated heterocycles. The van der Waals surface area contributed by atoms with Gasteiger partial charge in [0.1, 0.15) is 0 Å². The highest BCUT2D eigenvalue weighted by Gasteiger charge is 1.97. The summed E-state index contributed by atoms with van der Waals surface area (Å²) in [4.78, 5) is 0. The molecule has 0 bridgehead atoms. The third-order valence-electron chi connectivity index (χ3n) is 1.99. The van der Waals surface area contributed by atoms with E-state index in [1.165, 1.54) is 0 Å². The Morgan fingerprint density at radius 3 is 2.71 bits per heavy atom. The monoisotopic (exact) mass is 311 g/mol. The molecule has 0 aliphatic rings. The Kier molecular flexibility index (Phi) is 5.86. The second-order valence-corrected chi connectivity index (χ2v) is 4.64. The van der Waals surface area contributed by atoms with Gasteiger partial charge in [-0.1, -0.05) is 34.1 Å². The van der Waals surface area contributed by atoms with Gasteiger partial charge in [-0.25, -0.2) is 0 Å². The number of nitrogens with one attached hydrogen (secondary N) is 2. The highest BCUT2D eigenvalue weighted by molar-refractivity contribution is 9.10. The molecule has 0 fully saturated rings. The van der Waals surface area contributed by atoms with Crippen molar-refractivity contribution in [3.05, 3.63) is 47.0 Å². The Hall–Kier alpha value is -1.20. The summed E-state index contributed by atoms with van der Waals surface area (Å²) in [7, 11) is 0. The van der Waals surface area contributed by atoms with Crippen LogP contribution >= 0.6 is 28.1 Å². The van der Waals surface area contributed by atoms with Crippen molar-refractivity contribution in [2.24, 2.45) is 5.10 Å². The van der Waals surface area contributed by atoms with Crippen molar-refractivity contribution in [3.8, 4) is 0 Å². The quantitative estimate of drug-likeness (QED) is 0.388. The van der Waals surface area contributed by atoms with E-state index in [1.54, 1.807) is 6.08 Å². The van der Waals surface area contributed by atoms with Gasteiger partial charge in [0.05, 0.1) is 5.71 Å². The van der Waals surface area contributed by atoms with Gasteiger partial charge in [-0.3, -0.25) is 5.43 Å². The fourth-order valence-corrected chi connectivity index (χ4v) is 1.49. The van der Waals surface area contributed by atoms with Crippen molar-refractivity contribution in [1.82, 2.24) is 10.7 Å². The number of nitrogens with zero attached hydrogens (tertiary/aromatic N) is 1. The van der Waals surface area contributed by atoms with E-state index >= 15 is 0 Å². The van der Waals surface area contributed by atoms with Crippen LogP contribution in [0.4, 0.5) is 0 Å². The summed E-state index contributed by atoms with van der Waals surface area (Å²) in [5, 5.41) is 7.61. The summed E-state index contributed by atoms with van der Waals surface area (Å²) < 4.78 is 1.05. The lowest BCUT2D eigenvalue weighted by atomic mass is 10.1. The van der Waals surface area contributed by atoms with Crippen LogP contribution in [0.1, 0.15) is 12.5 Å². The first kappa shape index (κ1) is 13.9. The Balaban J connectivity index is 2.57. The molecule has 0 unspecified atom stereocenters. The summed E-state index contributed by atoms with van der Waals surface area (Å²) in [5.74, 6) is 0. The molecule has 0 atom stereocenters. The first-order chi connectivity index (χ1) is 8.13. The third kappa shape index (κ3) is 5.10. The highest BCUT2D eigenvalue weighted by atomic mass is 79.9. The van der Waals surface area contributed by atoms with Crippen molar-refractivity contribution < 1.29 is 0 Å². The molecule has 2 N–H and O–H groups in total. The first-order valence-electron chi connectivity index (χ1n) is 5.08. The Bertz CT molecular complexity index is 426. The Morgan fingerprint density at radius 2 is 2.12 bits per heavy atom. The standard InChI is InChI=1S/C12H14BrN3S/c1-3-8-14-12(17)16-15-9(2)10-4-6-11(13)7-5-10/h3-7H,1,8H2,2H3,(H2,14,16,17)/b15-9+. The molecule has 0 aliphatic carbocycles. The molecule has 3 nitrogen and oxygen atoms in total. The Morgan fingerprint density at radius 1 is 1.47 bits per heavy atom. The number of hydrazone groups is 1. The summed E-state index contributed by atoms with van der Waals surface area (Å²) in [6, 6.07) is 7.93. The van der Waals surface area contributed by atoms with Crippen molar-refractivity contribution in [1.29, 1.82) is 0 Å². The van der Waals surface area contributed by atoms with E-state index in [1.807, 2.05) is 31.2 Å². The zero-order chi connectivity index (χ0) is 12.7. The second-order valence-electron chi connectivity index (χ2n) is 3.31. The molecule has 0 radical (unpaired) electrons. The van der Waals surface area contributed by atoms with Gasteiger partial charge in [0.2, 0.25) is 0 Å². The van der Waals surface area contributed by atoms with Gasteiger partial charge in [0.15, 0.2) is 5.11 Å². The smallest absolute Gasteiger partial charge is 0.187 e. The average molecular weight is 312 g/mol. The van der Waals surface area contributed by atoms with Crippen molar-refractivity contribution in [2.45, 2.75) is 6.92 Å². The van der Waals surface area contributed by atoms with Crippen molar-refractivity contribution in [2.75, 3.05) is 6.54 Å². The van der Waals surface area contributed by atoms with Crippen LogP contribution in [0.2, 0.25) is 0 Å².